The van der Waals surface area contributed by atoms with Crippen molar-refractivity contribution in [3.63, 3.8) is 0 Å². The van der Waals surface area contributed by atoms with Crippen molar-refractivity contribution in [3.05, 3.63) is 30.1 Å². The van der Waals surface area contributed by atoms with E-state index >= 15 is 0 Å². The summed E-state index contributed by atoms with van der Waals surface area (Å²) in [5.74, 6) is 1.13. The summed E-state index contributed by atoms with van der Waals surface area (Å²) in [5.41, 5.74) is 0.469. The second kappa shape index (κ2) is 6.69. The zero-order valence-electron chi connectivity index (χ0n) is 12.2. The Morgan fingerprint density at radius 1 is 1.45 bits per heavy atom. The number of carbonyl (C=O) groups excluding carboxylic acids is 1. The van der Waals surface area contributed by atoms with E-state index in [-0.39, 0.29) is 11.9 Å². The maximum Gasteiger partial charge on any atom is 0.256 e. The van der Waals surface area contributed by atoms with Crippen molar-refractivity contribution in [3.8, 4) is 5.88 Å². The van der Waals surface area contributed by atoms with Gasteiger partial charge in [0.05, 0.1) is 25.0 Å². The summed E-state index contributed by atoms with van der Waals surface area (Å²) in [7, 11) is 1.51. The summed E-state index contributed by atoms with van der Waals surface area (Å²) in [4.78, 5) is 18.6. The number of methoxy groups -OCH3 is 1. The van der Waals surface area contributed by atoms with Gasteiger partial charge in [0, 0.05) is 25.3 Å². The Morgan fingerprint density at radius 2 is 2.27 bits per heavy atom. The fraction of sp³-hybridized carbons (Fsp3) is 0.429. The van der Waals surface area contributed by atoms with Gasteiger partial charge in [-0.2, -0.15) is 8.75 Å². The van der Waals surface area contributed by atoms with Crippen molar-refractivity contribution in [1.29, 1.82) is 0 Å². The Morgan fingerprint density at radius 3 is 2.95 bits per heavy atom. The summed E-state index contributed by atoms with van der Waals surface area (Å²) in [6, 6.07) is 3.60. The predicted molar refractivity (Wildman–Crippen MR) is 83.4 cm³/mol. The lowest BCUT2D eigenvalue weighted by molar-refractivity contribution is 0.0927. The van der Waals surface area contributed by atoms with Crippen LogP contribution >= 0.6 is 11.7 Å². The number of nitrogens with one attached hydrogen (secondary N) is 1. The molecule has 2 aromatic rings. The number of hydrogen-bond donors (Lipinski definition) is 1. The number of aromatic nitrogens is 3. The molecule has 3 rings (SSSR count). The van der Waals surface area contributed by atoms with Crippen LogP contribution in [0.1, 0.15) is 23.2 Å². The third-order valence-corrected chi connectivity index (χ3v) is 4.18. The van der Waals surface area contributed by atoms with Crippen molar-refractivity contribution in [1.82, 2.24) is 19.0 Å². The number of ether oxygens (including phenoxy) is 1. The molecule has 0 radical (unpaired) electrons. The first-order valence-electron chi connectivity index (χ1n) is 7.10. The Bertz CT molecular complexity index is 626. The van der Waals surface area contributed by atoms with Crippen molar-refractivity contribution in [2.24, 2.45) is 0 Å². The van der Waals surface area contributed by atoms with E-state index in [0.717, 1.165) is 31.7 Å². The highest BCUT2D eigenvalue weighted by atomic mass is 32.1. The van der Waals surface area contributed by atoms with Crippen molar-refractivity contribution in [2.75, 3.05) is 25.1 Å². The minimum Gasteiger partial charge on any atom is -0.480 e. The van der Waals surface area contributed by atoms with Crippen LogP contribution in [-0.4, -0.2) is 45.9 Å². The predicted octanol–water partition coefficient (Wildman–Crippen LogP) is 1.34. The van der Waals surface area contributed by atoms with Gasteiger partial charge in [-0.05, 0) is 25.0 Å². The molecule has 0 saturated carbocycles. The molecule has 0 unspecified atom stereocenters. The highest BCUT2D eigenvalue weighted by Crippen LogP contribution is 2.19. The van der Waals surface area contributed by atoms with Crippen LogP contribution in [0.2, 0.25) is 0 Å². The zero-order chi connectivity index (χ0) is 15.4. The molecule has 7 nitrogen and oxygen atoms in total. The van der Waals surface area contributed by atoms with E-state index in [0.29, 0.717) is 11.4 Å². The highest BCUT2D eigenvalue weighted by molar-refractivity contribution is 6.99. The van der Waals surface area contributed by atoms with E-state index in [1.807, 2.05) is 0 Å². The van der Waals surface area contributed by atoms with Crippen LogP contribution in [0.15, 0.2) is 24.5 Å². The molecule has 1 fully saturated rings. The van der Waals surface area contributed by atoms with E-state index in [9.17, 15) is 4.79 Å². The molecule has 1 N–H and O–H groups in total. The number of hydrogen-bond acceptors (Lipinski definition) is 7. The fourth-order valence-corrected chi connectivity index (χ4v) is 2.98. The zero-order valence-corrected chi connectivity index (χ0v) is 13.0. The Labute approximate surface area is 132 Å². The number of piperidine rings is 1. The van der Waals surface area contributed by atoms with E-state index < -0.39 is 0 Å². The van der Waals surface area contributed by atoms with Gasteiger partial charge < -0.3 is 15.0 Å². The molecule has 1 amide bonds. The van der Waals surface area contributed by atoms with Gasteiger partial charge in [-0.25, -0.2) is 4.98 Å². The van der Waals surface area contributed by atoms with Gasteiger partial charge >= 0.3 is 0 Å². The number of carbonyl (C=O) groups is 1. The monoisotopic (exact) mass is 319 g/mol. The first kappa shape index (κ1) is 14.7. The van der Waals surface area contributed by atoms with Gasteiger partial charge in [0.2, 0.25) is 5.88 Å². The second-order valence-corrected chi connectivity index (χ2v) is 5.62. The average molecular weight is 319 g/mol. The van der Waals surface area contributed by atoms with E-state index in [1.54, 1.807) is 24.5 Å². The van der Waals surface area contributed by atoms with E-state index in [4.69, 9.17) is 4.74 Å². The fourth-order valence-electron chi connectivity index (χ4n) is 2.54. The standard InChI is InChI=1S/C14H17N5O2S/c1-21-14-11(3-2-6-15-14)13(20)17-10-4-7-19(8-5-10)12-9-16-22-18-12/h2-3,6,9-10H,4-5,7-8H2,1H3,(H,17,20). The van der Waals surface area contributed by atoms with Gasteiger partial charge in [-0.15, -0.1) is 0 Å². The molecule has 1 saturated heterocycles. The Kier molecular flexibility index (Phi) is 4.47. The average Bonchev–Trinajstić information content (AvgIpc) is 3.10. The lowest BCUT2D eigenvalue weighted by Crippen LogP contribution is -2.44. The van der Waals surface area contributed by atoms with Crippen molar-refractivity contribution < 1.29 is 9.53 Å². The van der Waals surface area contributed by atoms with E-state index in [1.165, 1.54) is 18.8 Å². The number of nitrogens with zero attached hydrogens (tertiary/aromatic N) is 4. The molecular weight excluding hydrogens is 302 g/mol. The van der Waals surface area contributed by atoms with Crippen LogP contribution < -0.4 is 15.0 Å². The molecule has 0 aliphatic carbocycles. The molecule has 116 valence electrons. The number of amides is 1. The maximum atomic E-state index is 12.3. The first-order valence-corrected chi connectivity index (χ1v) is 7.83. The molecule has 0 spiro atoms. The van der Waals surface area contributed by atoms with Gasteiger partial charge in [-0.1, -0.05) is 0 Å². The third-order valence-electron chi connectivity index (χ3n) is 3.71. The first-order chi connectivity index (χ1) is 10.8. The van der Waals surface area contributed by atoms with Crippen LogP contribution in [0.4, 0.5) is 5.82 Å². The third kappa shape index (κ3) is 3.16. The smallest absolute Gasteiger partial charge is 0.256 e. The number of anilines is 1. The van der Waals surface area contributed by atoms with Crippen LogP contribution in [-0.2, 0) is 0 Å². The molecule has 2 aromatic heterocycles. The summed E-state index contributed by atoms with van der Waals surface area (Å²) in [6.45, 7) is 1.72. The summed E-state index contributed by atoms with van der Waals surface area (Å²) >= 11 is 1.21. The topological polar surface area (TPSA) is 80.2 Å². The molecule has 0 aromatic carbocycles. The lowest BCUT2D eigenvalue weighted by atomic mass is 10.0. The SMILES string of the molecule is COc1ncccc1C(=O)NC1CCN(c2cnsn2)CC1. The summed E-state index contributed by atoms with van der Waals surface area (Å²) < 4.78 is 13.4. The van der Waals surface area contributed by atoms with Crippen molar-refractivity contribution >= 4 is 23.5 Å². The lowest BCUT2D eigenvalue weighted by Gasteiger charge is -2.32. The largest absolute Gasteiger partial charge is 0.480 e. The second-order valence-electron chi connectivity index (χ2n) is 5.06. The van der Waals surface area contributed by atoms with Crippen molar-refractivity contribution in [2.45, 2.75) is 18.9 Å². The maximum absolute atomic E-state index is 12.3. The molecule has 22 heavy (non-hydrogen) atoms. The summed E-state index contributed by atoms with van der Waals surface area (Å²) in [5, 5.41) is 3.06. The summed E-state index contributed by atoms with van der Waals surface area (Å²) in [6.07, 6.45) is 5.15. The molecule has 3 heterocycles. The van der Waals surface area contributed by atoms with Crippen LogP contribution in [0.5, 0.6) is 5.88 Å². The minimum atomic E-state index is -0.140. The van der Waals surface area contributed by atoms with Crippen LogP contribution in [0.25, 0.3) is 0 Å². The number of rotatable bonds is 4. The molecule has 0 atom stereocenters. The molecule has 0 bridgehead atoms. The molecular formula is C14H17N5O2S. The van der Waals surface area contributed by atoms with Gasteiger partial charge in [0.1, 0.15) is 5.56 Å². The van der Waals surface area contributed by atoms with Crippen LogP contribution in [0.3, 0.4) is 0 Å². The van der Waals surface area contributed by atoms with E-state index in [2.05, 4.69) is 23.9 Å². The minimum absolute atomic E-state index is 0.140. The quantitative estimate of drug-likeness (QED) is 0.916. The Hall–Kier alpha value is -2.22. The molecule has 1 aliphatic heterocycles. The van der Waals surface area contributed by atoms with Gasteiger partial charge in [0.15, 0.2) is 5.82 Å². The highest BCUT2D eigenvalue weighted by Gasteiger charge is 2.23. The Balaban J connectivity index is 1.57. The molecule has 1 aliphatic rings. The number of pyridine rings is 1. The normalized spacial score (nSPS) is 15.6. The molecule has 8 heteroatoms. The van der Waals surface area contributed by atoms with Gasteiger partial charge in [-0.3, -0.25) is 4.79 Å². The van der Waals surface area contributed by atoms with Gasteiger partial charge in [0.25, 0.3) is 5.91 Å². The van der Waals surface area contributed by atoms with Crippen LogP contribution in [0, 0.1) is 0 Å².